The largest absolute Gasteiger partial charge is 0.335 e. The Morgan fingerprint density at radius 2 is 2.07 bits per heavy atom. The number of non-ortho nitro benzene ring substituents is 1. The SMILES string of the molecule is Cc1cc([N+](=O)[O-])ccc1NC(=O)CSc1nnc(-c2ccccc2Br)n1N. The van der Waals surface area contributed by atoms with E-state index < -0.39 is 4.92 Å². The van der Waals surface area contributed by atoms with Crippen LogP contribution in [0.2, 0.25) is 0 Å². The fourth-order valence-electron chi connectivity index (χ4n) is 2.42. The van der Waals surface area contributed by atoms with Crippen LogP contribution in [0.25, 0.3) is 11.4 Å². The minimum atomic E-state index is -0.481. The third-order valence-corrected chi connectivity index (χ3v) is 5.44. The molecule has 2 aromatic carbocycles. The van der Waals surface area contributed by atoms with E-state index in [-0.39, 0.29) is 17.3 Å². The second-order valence-corrected chi connectivity index (χ2v) is 7.55. The number of carbonyl (C=O) groups is 1. The average molecular weight is 463 g/mol. The predicted octanol–water partition coefficient (Wildman–Crippen LogP) is 3.37. The summed E-state index contributed by atoms with van der Waals surface area (Å²) < 4.78 is 2.16. The van der Waals surface area contributed by atoms with Crippen LogP contribution < -0.4 is 11.2 Å². The van der Waals surface area contributed by atoms with Crippen molar-refractivity contribution < 1.29 is 9.72 Å². The fourth-order valence-corrected chi connectivity index (χ4v) is 3.54. The first-order valence-electron chi connectivity index (χ1n) is 8.00. The summed E-state index contributed by atoms with van der Waals surface area (Å²) in [4.78, 5) is 22.5. The number of nitro groups is 1. The van der Waals surface area contributed by atoms with Crippen LogP contribution >= 0.6 is 27.7 Å². The number of hydrogen-bond donors (Lipinski definition) is 2. The number of halogens is 1. The third-order valence-electron chi connectivity index (χ3n) is 3.81. The van der Waals surface area contributed by atoms with E-state index in [0.29, 0.717) is 22.2 Å². The molecule has 0 radical (unpaired) electrons. The Balaban J connectivity index is 1.66. The molecule has 0 saturated carbocycles. The highest BCUT2D eigenvalue weighted by atomic mass is 79.9. The molecular formula is C17H15BrN6O3S. The number of thioether (sulfide) groups is 1. The molecule has 1 amide bonds. The van der Waals surface area contributed by atoms with Gasteiger partial charge in [-0.2, -0.15) is 0 Å². The zero-order valence-electron chi connectivity index (χ0n) is 14.6. The van der Waals surface area contributed by atoms with E-state index in [0.717, 1.165) is 21.8 Å². The van der Waals surface area contributed by atoms with E-state index in [1.54, 1.807) is 6.92 Å². The molecule has 1 heterocycles. The van der Waals surface area contributed by atoms with Crippen molar-refractivity contribution in [1.29, 1.82) is 0 Å². The Hall–Kier alpha value is -2.92. The molecule has 9 nitrogen and oxygen atoms in total. The molecule has 144 valence electrons. The lowest BCUT2D eigenvalue weighted by Gasteiger charge is -2.08. The van der Waals surface area contributed by atoms with E-state index in [1.807, 2.05) is 24.3 Å². The maximum absolute atomic E-state index is 12.2. The Bertz CT molecular complexity index is 1060. The van der Waals surface area contributed by atoms with Crippen molar-refractivity contribution in [3.05, 3.63) is 62.6 Å². The van der Waals surface area contributed by atoms with Crippen molar-refractivity contribution >= 4 is 45.0 Å². The van der Waals surface area contributed by atoms with Crippen molar-refractivity contribution in [2.45, 2.75) is 12.1 Å². The molecule has 0 fully saturated rings. The van der Waals surface area contributed by atoms with Gasteiger partial charge in [0.15, 0.2) is 5.82 Å². The Morgan fingerprint density at radius 3 is 2.75 bits per heavy atom. The Labute approximate surface area is 172 Å². The molecule has 11 heteroatoms. The number of nitrogens with zero attached hydrogens (tertiary/aromatic N) is 4. The molecule has 0 aliphatic heterocycles. The number of nitrogens with two attached hydrogens (primary N) is 1. The average Bonchev–Trinajstić information content (AvgIpc) is 3.02. The number of anilines is 1. The molecule has 0 aliphatic carbocycles. The van der Waals surface area contributed by atoms with Crippen LogP contribution in [0.5, 0.6) is 0 Å². The van der Waals surface area contributed by atoms with Gasteiger partial charge in [0.25, 0.3) is 5.69 Å². The second kappa shape index (κ2) is 8.40. The van der Waals surface area contributed by atoms with Crippen LogP contribution in [-0.2, 0) is 4.79 Å². The lowest BCUT2D eigenvalue weighted by molar-refractivity contribution is -0.384. The number of nitrogen functional groups attached to an aromatic ring is 1. The van der Waals surface area contributed by atoms with E-state index in [9.17, 15) is 14.9 Å². The number of rotatable bonds is 6. The highest BCUT2D eigenvalue weighted by Gasteiger charge is 2.16. The van der Waals surface area contributed by atoms with Crippen molar-refractivity contribution in [3.63, 3.8) is 0 Å². The van der Waals surface area contributed by atoms with E-state index in [4.69, 9.17) is 5.84 Å². The van der Waals surface area contributed by atoms with Gasteiger partial charge in [0.1, 0.15) is 0 Å². The highest BCUT2D eigenvalue weighted by Crippen LogP contribution is 2.28. The highest BCUT2D eigenvalue weighted by molar-refractivity contribution is 9.10. The molecule has 28 heavy (non-hydrogen) atoms. The van der Waals surface area contributed by atoms with Crippen LogP contribution in [0.15, 0.2) is 52.1 Å². The summed E-state index contributed by atoms with van der Waals surface area (Å²) in [5, 5.41) is 22.0. The number of aryl methyl sites for hydroxylation is 1. The maximum atomic E-state index is 12.2. The quantitative estimate of drug-likeness (QED) is 0.248. The summed E-state index contributed by atoms with van der Waals surface area (Å²) >= 11 is 4.59. The van der Waals surface area contributed by atoms with E-state index >= 15 is 0 Å². The Morgan fingerprint density at radius 1 is 1.32 bits per heavy atom. The summed E-state index contributed by atoms with van der Waals surface area (Å²) in [5.74, 6) is 6.31. The predicted molar refractivity (Wildman–Crippen MR) is 110 cm³/mol. The maximum Gasteiger partial charge on any atom is 0.269 e. The first-order chi connectivity index (χ1) is 13.4. The number of amides is 1. The zero-order valence-corrected chi connectivity index (χ0v) is 17.0. The van der Waals surface area contributed by atoms with Crippen LogP contribution in [0, 0.1) is 17.0 Å². The molecule has 0 spiro atoms. The lowest BCUT2D eigenvalue weighted by atomic mass is 10.2. The van der Waals surface area contributed by atoms with Crippen molar-refractivity contribution in [2.75, 3.05) is 16.9 Å². The van der Waals surface area contributed by atoms with Gasteiger partial charge in [-0.1, -0.05) is 39.8 Å². The van der Waals surface area contributed by atoms with Gasteiger partial charge in [0.2, 0.25) is 11.1 Å². The molecule has 1 aromatic heterocycles. The van der Waals surface area contributed by atoms with Crippen LogP contribution in [-0.4, -0.2) is 31.5 Å². The molecule has 0 aliphatic rings. The summed E-state index contributed by atoms with van der Waals surface area (Å²) in [6.07, 6.45) is 0. The normalized spacial score (nSPS) is 10.6. The Kier molecular flexibility index (Phi) is 5.95. The van der Waals surface area contributed by atoms with Gasteiger partial charge in [0.05, 0.1) is 10.7 Å². The topological polar surface area (TPSA) is 129 Å². The van der Waals surface area contributed by atoms with E-state index in [2.05, 4.69) is 31.4 Å². The first-order valence-corrected chi connectivity index (χ1v) is 9.77. The van der Waals surface area contributed by atoms with Crippen LogP contribution in [0.3, 0.4) is 0 Å². The molecule has 0 atom stereocenters. The fraction of sp³-hybridized carbons (Fsp3) is 0.118. The molecule has 3 N–H and O–H groups in total. The zero-order chi connectivity index (χ0) is 20.3. The third kappa shape index (κ3) is 4.31. The summed E-state index contributed by atoms with van der Waals surface area (Å²) in [7, 11) is 0. The molecule has 0 bridgehead atoms. The van der Waals surface area contributed by atoms with Crippen molar-refractivity contribution in [3.8, 4) is 11.4 Å². The van der Waals surface area contributed by atoms with E-state index in [1.165, 1.54) is 22.9 Å². The standard InChI is InChI=1S/C17H15BrN6O3S/c1-10-8-11(24(26)27)6-7-14(10)20-15(25)9-28-17-22-21-16(23(17)19)12-4-2-3-5-13(12)18/h2-8H,9,19H2,1H3,(H,20,25). The van der Waals surface area contributed by atoms with Crippen molar-refractivity contribution in [2.24, 2.45) is 0 Å². The number of carbonyl (C=O) groups excluding carboxylic acids is 1. The lowest BCUT2D eigenvalue weighted by Crippen LogP contribution is -2.17. The number of nitro benzene ring substituents is 1. The number of nitrogens with one attached hydrogen (secondary N) is 1. The molecule has 0 unspecified atom stereocenters. The van der Waals surface area contributed by atoms with Gasteiger partial charge >= 0.3 is 0 Å². The summed E-state index contributed by atoms with van der Waals surface area (Å²) in [5.41, 5.74) is 1.88. The molecule has 3 rings (SSSR count). The van der Waals surface area contributed by atoms with Crippen molar-refractivity contribution in [1.82, 2.24) is 14.9 Å². The first kappa shape index (κ1) is 19.8. The van der Waals surface area contributed by atoms with Gasteiger partial charge in [-0.15, -0.1) is 10.2 Å². The smallest absolute Gasteiger partial charge is 0.269 e. The van der Waals surface area contributed by atoms with Crippen LogP contribution in [0.4, 0.5) is 11.4 Å². The summed E-state index contributed by atoms with van der Waals surface area (Å²) in [6, 6.07) is 11.7. The number of aromatic nitrogens is 3. The van der Waals surface area contributed by atoms with Gasteiger partial charge < -0.3 is 11.2 Å². The van der Waals surface area contributed by atoms with Gasteiger partial charge in [0, 0.05) is 27.9 Å². The van der Waals surface area contributed by atoms with Gasteiger partial charge in [-0.3, -0.25) is 14.9 Å². The summed E-state index contributed by atoms with van der Waals surface area (Å²) in [6.45, 7) is 1.69. The molecule has 3 aromatic rings. The minimum absolute atomic E-state index is 0.0271. The number of benzene rings is 2. The molecule has 0 saturated heterocycles. The monoisotopic (exact) mass is 462 g/mol. The minimum Gasteiger partial charge on any atom is -0.335 e. The van der Waals surface area contributed by atoms with Gasteiger partial charge in [-0.05, 0) is 30.7 Å². The van der Waals surface area contributed by atoms with Crippen LogP contribution in [0.1, 0.15) is 5.56 Å². The molecular weight excluding hydrogens is 448 g/mol. The second-order valence-electron chi connectivity index (χ2n) is 5.75. The number of hydrogen-bond acceptors (Lipinski definition) is 7. The van der Waals surface area contributed by atoms with Gasteiger partial charge in [-0.25, -0.2) is 4.68 Å².